The molecule has 0 N–H and O–H groups in total. The SMILES string of the molecule is CCC1CCCCCN1Cc1cc([N+](=O)[O-])ccc1Cl. The molecule has 0 aromatic heterocycles. The number of nitrogens with zero attached hydrogens (tertiary/aromatic N) is 2. The number of benzene rings is 1. The maximum Gasteiger partial charge on any atom is 0.269 e. The van der Waals surface area contributed by atoms with E-state index in [2.05, 4.69) is 11.8 Å². The monoisotopic (exact) mass is 296 g/mol. The molecule has 0 bridgehead atoms. The van der Waals surface area contributed by atoms with Gasteiger partial charge in [-0.1, -0.05) is 31.4 Å². The van der Waals surface area contributed by atoms with Crippen molar-refractivity contribution < 1.29 is 4.92 Å². The van der Waals surface area contributed by atoms with Crippen molar-refractivity contribution in [2.75, 3.05) is 6.54 Å². The zero-order chi connectivity index (χ0) is 14.5. The number of likely N-dealkylation sites (tertiary alicyclic amines) is 1. The minimum absolute atomic E-state index is 0.118. The van der Waals surface area contributed by atoms with Crippen LogP contribution in [0.25, 0.3) is 0 Å². The maximum atomic E-state index is 10.9. The quantitative estimate of drug-likeness (QED) is 0.611. The molecule has 0 radical (unpaired) electrons. The fraction of sp³-hybridized carbons (Fsp3) is 0.600. The van der Waals surface area contributed by atoms with Gasteiger partial charge >= 0.3 is 0 Å². The van der Waals surface area contributed by atoms with Gasteiger partial charge in [-0.2, -0.15) is 0 Å². The Morgan fingerprint density at radius 3 is 2.90 bits per heavy atom. The van der Waals surface area contributed by atoms with Gasteiger partial charge in [-0.15, -0.1) is 0 Å². The number of nitro groups is 1. The Morgan fingerprint density at radius 2 is 2.20 bits per heavy atom. The molecule has 5 heteroatoms. The van der Waals surface area contributed by atoms with E-state index in [1.165, 1.54) is 31.7 Å². The summed E-state index contributed by atoms with van der Waals surface area (Å²) >= 11 is 6.20. The molecule has 0 amide bonds. The van der Waals surface area contributed by atoms with Gasteiger partial charge in [0.15, 0.2) is 0 Å². The lowest BCUT2D eigenvalue weighted by atomic mass is 10.1. The molecule has 1 aromatic rings. The third-order valence-corrected chi connectivity index (χ3v) is 4.45. The first-order chi connectivity index (χ1) is 9.61. The van der Waals surface area contributed by atoms with Crippen LogP contribution in [0, 0.1) is 10.1 Å². The first-order valence-corrected chi connectivity index (χ1v) is 7.66. The van der Waals surface area contributed by atoms with E-state index in [9.17, 15) is 10.1 Å². The van der Waals surface area contributed by atoms with Gasteiger partial charge in [-0.3, -0.25) is 15.0 Å². The zero-order valence-corrected chi connectivity index (χ0v) is 12.6. The Hall–Kier alpha value is -1.13. The van der Waals surface area contributed by atoms with Gasteiger partial charge in [-0.25, -0.2) is 0 Å². The Bertz CT molecular complexity index is 479. The first kappa shape index (κ1) is 15.3. The summed E-state index contributed by atoms with van der Waals surface area (Å²) < 4.78 is 0. The lowest BCUT2D eigenvalue weighted by molar-refractivity contribution is -0.384. The van der Waals surface area contributed by atoms with Crippen LogP contribution in [-0.4, -0.2) is 22.4 Å². The summed E-state index contributed by atoms with van der Waals surface area (Å²) in [4.78, 5) is 12.9. The summed E-state index contributed by atoms with van der Waals surface area (Å²) in [6.07, 6.45) is 6.08. The second-order valence-corrected chi connectivity index (χ2v) is 5.82. The van der Waals surface area contributed by atoms with E-state index < -0.39 is 0 Å². The van der Waals surface area contributed by atoms with Gasteiger partial charge in [-0.05, 0) is 37.4 Å². The van der Waals surface area contributed by atoms with Crippen LogP contribution in [0.3, 0.4) is 0 Å². The lowest BCUT2D eigenvalue weighted by Gasteiger charge is -2.29. The lowest BCUT2D eigenvalue weighted by Crippen LogP contribution is -2.33. The molecule has 0 saturated carbocycles. The molecule has 2 rings (SSSR count). The molecule has 1 aliphatic rings. The van der Waals surface area contributed by atoms with Crippen LogP contribution in [0.1, 0.15) is 44.6 Å². The molecule has 1 heterocycles. The van der Waals surface area contributed by atoms with E-state index in [1.807, 2.05) is 0 Å². The molecule has 20 heavy (non-hydrogen) atoms. The molecule has 1 unspecified atom stereocenters. The predicted molar refractivity (Wildman–Crippen MR) is 81.1 cm³/mol. The zero-order valence-electron chi connectivity index (χ0n) is 11.8. The summed E-state index contributed by atoms with van der Waals surface area (Å²) in [5.74, 6) is 0. The average molecular weight is 297 g/mol. The van der Waals surface area contributed by atoms with Crippen LogP contribution in [0.4, 0.5) is 5.69 Å². The van der Waals surface area contributed by atoms with Crippen LogP contribution in [0.5, 0.6) is 0 Å². The highest BCUT2D eigenvalue weighted by Gasteiger charge is 2.21. The fourth-order valence-corrected chi connectivity index (χ4v) is 3.10. The molecule has 4 nitrogen and oxygen atoms in total. The minimum atomic E-state index is -0.362. The molecule has 110 valence electrons. The van der Waals surface area contributed by atoms with E-state index in [0.717, 1.165) is 18.5 Å². The molecule has 1 fully saturated rings. The second-order valence-electron chi connectivity index (χ2n) is 5.41. The number of nitro benzene ring substituents is 1. The van der Waals surface area contributed by atoms with Crippen molar-refractivity contribution in [3.63, 3.8) is 0 Å². The van der Waals surface area contributed by atoms with Crippen molar-refractivity contribution in [3.8, 4) is 0 Å². The van der Waals surface area contributed by atoms with Gasteiger partial charge in [0.1, 0.15) is 0 Å². The van der Waals surface area contributed by atoms with Crippen LogP contribution < -0.4 is 0 Å². The Kier molecular flexibility index (Phi) is 5.38. The second kappa shape index (κ2) is 7.04. The molecule has 0 aliphatic carbocycles. The Labute approximate surface area is 124 Å². The molecule has 1 saturated heterocycles. The fourth-order valence-electron chi connectivity index (χ4n) is 2.92. The molecule has 0 spiro atoms. The normalized spacial score (nSPS) is 20.6. The van der Waals surface area contributed by atoms with Gasteiger partial charge in [0.2, 0.25) is 0 Å². The van der Waals surface area contributed by atoms with Crippen molar-refractivity contribution in [3.05, 3.63) is 38.9 Å². The van der Waals surface area contributed by atoms with E-state index >= 15 is 0 Å². The summed E-state index contributed by atoms with van der Waals surface area (Å²) in [5, 5.41) is 11.5. The van der Waals surface area contributed by atoms with Crippen LogP contribution in [0.15, 0.2) is 18.2 Å². The van der Waals surface area contributed by atoms with E-state index in [-0.39, 0.29) is 10.6 Å². The number of hydrogen-bond acceptors (Lipinski definition) is 3. The Balaban J connectivity index is 2.18. The Morgan fingerprint density at radius 1 is 1.40 bits per heavy atom. The highest BCUT2D eigenvalue weighted by Crippen LogP contribution is 2.27. The standard InChI is InChI=1S/C15H21ClN2O2/c1-2-13-6-4-3-5-9-17(13)11-12-10-14(18(19)20)7-8-15(12)16/h7-8,10,13H,2-6,9,11H2,1H3. The van der Waals surface area contributed by atoms with Crippen molar-refractivity contribution >= 4 is 17.3 Å². The van der Waals surface area contributed by atoms with Gasteiger partial charge < -0.3 is 0 Å². The van der Waals surface area contributed by atoms with Gasteiger partial charge in [0, 0.05) is 29.7 Å². The van der Waals surface area contributed by atoms with Gasteiger partial charge in [0.05, 0.1) is 4.92 Å². The third-order valence-electron chi connectivity index (χ3n) is 4.08. The minimum Gasteiger partial charge on any atom is -0.296 e. The number of rotatable bonds is 4. The van der Waals surface area contributed by atoms with Crippen molar-refractivity contribution in [2.45, 2.75) is 51.6 Å². The smallest absolute Gasteiger partial charge is 0.269 e. The highest BCUT2D eigenvalue weighted by atomic mass is 35.5. The van der Waals surface area contributed by atoms with E-state index in [0.29, 0.717) is 17.6 Å². The molecule has 1 aromatic carbocycles. The summed E-state index contributed by atoms with van der Waals surface area (Å²) in [7, 11) is 0. The van der Waals surface area contributed by atoms with Crippen molar-refractivity contribution in [2.24, 2.45) is 0 Å². The first-order valence-electron chi connectivity index (χ1n) is 7.28. The summed E-state index contributed by atoms with van der Waals surface area (Å²) in [5.41, 5.74) is 0.980. The van der Waals surface area contributed by atoms with Crippen LogP contribution >= 0.6 is 11.6 Å². The number of halogens is 1. The summed E-state index contributed by atoms with van der Waals surface area (Å²) in [6, 6.07) is 5.27. The third kappa shape index (κ3) is 3.70. The number of hydrogen-bond donors (Lipinski definition) is 0. The van der Waals surface area contributed by atoms with Crippen molar-refractivity contribution in [1.29, 1.82) is 0 Å². The van der Waals surface area contributed by atoms with E-state index in [1.54, 1.807) is 12.1 Å². The molecule has 1 atom stereocenters. The predicted octanol–water partition coefficient (Wildman–Crippen LogP) is 4.40. The molecular formula is C15H21ClN2O2. The largest absolute Gasteiger partial charge is 0.296 e. The topological polar surface area (TPSA) is 46.4 Å². The maximum absolute atomic E-state index is 10.9. The van der Waals surface area contributed by atoms with E-state index in [4.69, 9.17) is 11.6 Å². The molecule has 1 aliphatic heterocycles. The van der Waals surface area contributed by atoms with Gasteiger partial charge in [0.25, 0.3) is 5.69 Å². The highest BCUT2D eigenvalue weighted by molar-refractivity contribution is 6.31. The van der Waals surface area contributed by atoms with Crippen molar-refractivity contribution in [1.82, 2.24) is 4.90 Å². The van der Waals surface area contributed by atoms with Crippen LogP contribution in [-0.2, 0) is 6.54 Å². The molecular weight excluding hydrogens is 276 g/mol. The summed E-state index contributed by atoms with van der Waals surface area (Å²) in [6.45, 7) is 3.97. The average Bonchev–Trinajstić information content (AvgIpc) is 2.66. The van der Waals surface area contributed by atoms with Crippen LogP contribution in [0.2, 0.25) is 5.02 Å². The number of non-ortho nitro benzene ring substituents is 1.